The van der Waals surface area contributed by atoms with Gasteiger partial charge in [0.25, 0.3) is 5.91 Å². The van der Waals surface area contributed by atoms with Crippen LogP contribution in [0.4, 0.5) is 4.39 Å². The Morgan fingerprint density at radius 2 is 2.19 bits per heavy atom. The summed E-state index contributed by atoms with van der Waals surface area (Å²) >= 11 is 6.61. The molecule has 2 N–H and O–H groups in total. The highest BCUT2D eigenvalue weighted by molar-refractivity contribution is 6.33. The molecule has 1 amide bonds. The van der Waals surface area contributed by atoms with Crippen molar-refractivity contribution < 1.29 is 13.9 Å². The van der Waals surface area contributed by atoms with Crippen molar-refractivity contribution in [2.45, 2.75) is 12.5 Å². The minimum Gasteiger partial charge on any atom is -0.481 e. The molecular formula is C21H18ClFN6O2. The summed E-state index contributed by atoms with van der Waals surface area (Å²) in [7, 11) is 1.49. The third kappa shape index (κ3) is 3.83. The van der Waals surface area contributed by atoms with Crippen LogP contribution in [-0.4, -0.2) is 51.6 Å². The lowest BCUT2D eigenvalue weighted by molar-refractivity contribution is 0.0786. The van der Waals surface area contributed by atoms with Gasteiger partial charge in [-0.3, -0.25) is 9.36 Å². The minimum absolute atomic E-state index is 0.0337. The molecule has 8 nitrogen and oxygen atoms in total. The second-order valence-electron chi connectivity index (χ2n) is 7.08. The summed E-state index contributed by atoms with van der Waals surface area (Å²) in [5, 5.41) is 9.08. The maximum absolute atomic E-state index is 14.3. The van der Waals surface area contributed by atoms with E-state index in [1.807, 2.05) is 0 Å². The molecule has 0 radical (unpaired) electrons. The fraction of sp³-hybridized carbons (Fsp3) is 0.238. The molecule has 1 aliphatic heterocycles. The molecule has 1 aliphatic rings. The van der Waals surface area contributed by atoms with Crippen LogP contribution in [0.3, 0.4) is 0 Å². The van der Waals surface area contributed by atoms with Crippen LogP contribution in [0.25, 0.3) is 17.1 Å². The van der Waals surface area contributed by atoms with E-state index in [9.17, 15) is 9.18 Å². The Labute approximate surface area is 182 Å². The highest BCUT2D eigenvalue weighted by Gasteiger charge is 2.30. The van der Waals surface area contributed by atoms with Crippen LogP contribution in [0.15, 0.2) is 36.5 Å². The van der Waals surface area contributed by atoms with E-state index < -0.39 is 5.82 Å². The fourth-order valence-electron chi connectivity index (χ4n) is 3.46. The number of aromatic nitrogens is 3. The maximum Gasteiger partial charge on any atom is 0.275 e. The Morgan fingerprint density at radius 3 is 2.77 bits per heavy atom. The van der Waals surface area contributed by atoms with Gasteiger partial charge in [0.1, 0.15) is 22.9 Å². The van der Waals surface area contributed by atoms with E-state index in [1.165, 1.54) is 30.0 Å². The van der Waals surface area contributed by atoms with Gasteiger partial charge in [-0.2, -0.15) is 5.26 Å². The van der Waals surface area contributed by atoms with Crippen LogP contribution in [0.1, 0.15) is 22.5 Å². The Kier molecular flexibility index (Phi) is 5.59. The van der Waals surface area contributed by atoms with E-state index in [0.717, 1.165) is 0 Å². The highest BCUT2D eigenvalue weighted by atomic mass is 35.5. The number of nitriles is 1. The van der Waals surface area contributed by atoms with Crippen molar-refractivity contribution in [3.05, 3.63) is 58.8 Å². The Hall–Kier alpha value is -3.48. The van der Waals surface area contributed by atoms with Crippen LogP contribution in [-0.2, 0) is 0 Å². The zero-order valence-corrected chi connectivity index (χ0v) is 17.3. The van der Waals surface area contributed by atoms with Crippen molar-refractivity contribution in [2.75, 3.05) is 20.2 Å². The van der Waals surface area contributed by atoms with Gasteiger partial charge in [-0.25, -0.2) is 14.4 Å². The molecule has 3 heterocycles. The molecule has 0 unspecified atom stereocenters. The summed E-state index contributed by atoms with van der Waals surface area (Å²) in [6.07, 6.45) is 2.20. The third-order valence-corrected chi connectivity index (χ3v) is 5.42. The summed E-state index contributed by atoms with van der Waals surface area (Å²) in [5.74, 6) is -0.411. The number of ether oxygens (including phenoxy) is 1. The van der Waals surface area contributed by atoms with E-state index in [4.69, 9.17) is 27.3 Å². The van der Waals surface area contributed by atoms with Crippen molar-refractivity contribution in [1.29, 1.82) is 5.26 Å². The largest absolute Gasteiger partial charge is 0.481 e. The van der Waals surface area contributed by atoms with Gasteiger partial charge < -0.3 is 15.4 Å². The number of likely N-dealkylation sites (tertiary alicyclic amines) is 1. The number of carbonyl (C=O) groups excluding carboxylic acids is 1. The number of benzene rings is 1. The smallest absolute Gasteiger partial charge is 0.275 e. The number of hydrogen-bond acceptors (Lipinski definition) is 6. The maximum atomic E-state index is 14.3. The molecule has 1 fully saturated rings. The standard InChI is InChI=1S/C21H18ClFN6O2/c1-31-17-5-4-15(10-26-17)29-19(22)18(21(30)28-7-6-14(25)11-28)27-20(29)12-2-3-13(9-24)16(23)8-12/h2-5,8,10,14H,6-7,11,25H2,1H3/t14-/m0/s1. The number of nitrogens with two attached hydrogens (primary N) is 1. The van der Waals surface area contributed by atoms with Gasteiger partial charge in [-0.1, -0.05) is 11.6 Å². The zero-order chi connectivity index (χ0) is 22.1. The molecular weight excluding hydrogens is 423 g/mol. The molecule has 1 saturated heterocycles. The van der Waals surface area contributed by atoms with Gasteiger partial charge in [-0.05, 0) is 30.7 Å². The topological polar surface area (TPSA) is 110 Å². The van der Waals surface area contributed by atoms with E-state index in [1.54, 1.807) is 29.2 Å². The first-order valence-corrected chi connectivity index (χ1v) is 9.84. The number of hydrogen-bond donors (Lipinski definition) is 1. The molecule has 0 saturated carbocycles. The first kappa shape index (κ1) is 20.8. The molecule has 1 aromatic carbocycles. The quantitative estimate of drug-likeness (QED) is 0.668. The number of amides is 1. The number of carbonyl (C=O) groups is 1. The molecule has 2 aromatic heterocycles. The zero-order valence-electron chi connectivity index (χ0n) is 16.5. The first-order valence-electron chi connectivity index (χ1n) is 9.46. The van der Waals surface area contributed by atoms with E-state index in [-0.39, 0.29) is 34.2 Å². The highest BCUT2D eigenvalue weighted by Crippen LogP contribution is 2.32. The molecule has 1 atom stereocenters. The third-order valence-electron chi connectivity index (χ3n) is 5.07. The van der Waals surface area contributed by atoms with Crippen molar-refractivity contribution in [3.8, 4) is 29.0 Å². The number of rotatable bonds is 4. The summed E-state index contributed by atoms with van der Waals surface area (Å²) in [4.78, 5) is 23.3. The molecule has 0 aliphatic carbocycles. The lowest BCUT2D eigenvalue weighted by Gasteiger charge is -2.14. The first-order chi connectivity index (χ1) is 14.9. The predicted molar refractivity (Wildman–Crippen MR) is 112 cm³/mol. The summed E-state index contributed by atoms with van der Waals surface area (Å²) in [6, 6.07) is 9.11. The van der Waals surface area contributed by atoms with Crippen LogP contribution in [0, 0.1) is 17.1 Å². The summed E-state index contributed by atoms with van der Waals surface area (Å²) < 4.78 is 20.9. The Balaban J connectivity index is 1.86. The van der Waals surface area contributed by atoms with Crippen LogP contribution in [0.5, 0.6) is 5.88 Å². The van der Waals surface area contributed by atoms with Gasteiger partial charge in [0.15, 0.2) is 5.69 Å². The molecule has 31 heavy (non-hydrogen) atoms. The van der Waals surface area contributed by atoms with Crippen molar-refractivity contribution >= 4 is 17.5 Å². The van der Waals surface area contributed by atoms with E-state index >= 15 is 0 Å². The second kappa shape index (κ2) is 8.34. The number of halogens is 2. The average molecular weight is 441 g/mol. The second-order valence-corrected chi connectivity index (χ2v) is 7.43. The van der Waals surface area contributed by atoms with Crippen LogP contribution >= 0.6 is 11.6 Å². The molecule has 3 aromatic rings. The number of methoxy groups -OCH3 is 1. The molecule has 0 spiro atoms. The summed E-state index contributed by atoms with van der Waals surface area (Å²) in [5.41, 5.74) is 6.73. The van der Waals surface area contributed by atoms with Gasteiger partial charge in [0.2, 0.25) is 5.88 Å². The van der Waals surface area contributed by atoms with E-state index in [2.05, 4.69) is 9.97 Å². The van der Waals surface area contributed by atoms with Gasteiger partial charge >= 0.3 is 0 Å². The van der Waals surface area contributed by atoms with Gasteiger partial charge in [0, 0.05) is 30.8 Å². The normalized spacial score (nSPS) is 15.7. The molecule has 10 heteroatoms. The molecule has 158 valence electrons. The van der Waals surface area contributed by atoms with Gasteiger partial charge in [0.05, 0.1) is 24.6 Å². The lowest BCUT2D eigenvalue weighted by atomic mass is 10.1. The van der Waals surface area contributed by atoms with Crippen LogP contribution in [0.2, 0.25) is 5.15 Å². The SMILES string of the molecule is COc1ccc(-n2c(-c3ccc(C#N)c(F)c3)nc(C(=O)N3CC[C@H](N)C3)c2Cl)cn1. The molecule has 0 bridgehead atoms. The Morgan fingerprint density at radius 1 is 1.39 bits per heavy atom. The van der Waals surface area contributed by atoms with Crippen molar-refractivity contribution in [2.24, 2.45) is 5.73 Å². The fourth-order valence-corrected chi connectivity index (χ4v) is 3.76. The monoisotopic (exact) mass is 440 g/mol. The van der Waals surface area contributed by atoms with Crippen LogP contribution < -0.4 is 10.5 Å². The van der Waals surface area contributed by atoms with Gasteiger partial charge in [-0.15, -0.1) is 0 Å². The Bertz CT molecular complexity index is 1190. The van der Waals surface area contributed by atoms with E-state index in [0.29, 0.717) is 36.6 Å². The number of imidazole rings is 1. The number of nitrogens with zero attached hydrogens (tertiary/aromatic N) is 5. The molecule has 4 rings (SSSR count). The number of pyridine rings is 1. The average Bonchev–Trinajstić information content (AvgIpc) is 3.36. The van der Waals surface area contributed by atoms with Crippen molar-refractivity contribution in [3.63, 3.8) is 0 Å². The minimum atomic E-state index is -0.697. The summed E-state index contributed by atoms with van der Waals surface area (Å²) in [6.45, 7) is 0.918. The predicted octanol–water partition coefficient (Wildman–Crippen LogP) is 2.78. The lowest BCUT2D eigenvalue weighted by Crippen LogP contribution is -2.32. The van der Waals surface area contributed by atoms with Crippen molar-refractivity contribution in [1.82, 2.24) is 19.4 Å².